The molecule has 1 aromatic rings. The van der Waals surface area contributed by atoms with E-state index in [1.165, 1.54) is 25.7 Å². The van der Waals surface area contributed by atoms with E-state index in [4.69, 9.17) is 9.47 Å². The van der Waals surface area contributed by atoms with Gasteiger partial charge < -0.3 is 9.47 Å². The first kappa shape index (κ1) is 21.9. The molecule has 0 unspecified atom stereocenters. The van der Waals surface area contributed by atoms with Crippen molar-refractivity contribution < 1.29 is 19.1 Å². The third-order valence-electron chi connectivity index (χ3n) is 4.02. The second-order valence-electron chi connectivity index (χ2n) is 6.25. The summed E-state index contributed by atoms with van der Waals surface area (Å²) in [5.41, 5.74) is 0.535. The second-order valence-corrected chi connectivity index (χ2v) is 6.25. The van der Waals surface area contributed by atoms with Crippen molar-refractivity contribution in [2.45, 2.75) is 65.2 Å². The summed E-state index contributed by atoms with van der Waals surface area (Å²) in [6.45, 7) is 4.92. The number of carbonyl (C=O) groups excluding carboxylic acids is 2. The number of esters is 2. The number of rotatable bonds is 13. The molecule has 144 valence electrons. The zero-order chi connectivity index (χ0) is 19.0. The highest BCUT2D eigenvalue weighted by atomic mass is 16.5. The summed E-state index contributed by atoms with van der Waals surface area (Å²) < 4.78 is 10.6. The van der Waals surface area contributed by atoms with Gasteiger partial charge >= 0.3 is 11.9 Å². The lowest BCUT2D eigenvalue weighted by Crippen LogP contribution is -2.14. The lowest BCUT2D eigenvalue weighted by Gasteiger charge is -2.09. The fourth-order valence-electron chi connectivity index (χ4n) is 2.55. The van der Waals surface area contributed by atoms with Gasteiger partial charge in [-0.1, -0.05) is 70.2 Å². The predicted molar refractivity (Wildman–Crippen MR) is 104 cm³/mol. The molecule has 0 aliphatic rings. The third-order valence-corrected chi connectivity index (χ3v) is 4.02. The molecule has 0 heterocycles. The molecule has 0 radical (unpaired) electrons. The van der Waals surface area contributed by atoms with Crippen molar-refractivity contribution in [3.05, 3.63) is 47.5 Å². The zero-order valence-electron chi connectivity index (χ0n) is 16.2. The smallest absolute Gasteiger partial charge is 0.339 e. The highest BCUT2D eigenvalue weighted by molar-refractivity contribution is 6.03. The van der Waals surface area contributed by atoms with Crippen LogP contribution in [0, 0.1) is 0 Å². The van der Waals surface area contributed by atoms with Gasteiger partial charge in [0, 0.05) is 0 Å². The summed E-state index contributed by atoms with van der Waals surface area (Å²) >= 11 is 0. The van der Waals surface area contributed by atoms with Crippen molar-refractivity contribution in [1.29, 1.82) is 0 Å². The molecule has 0 aliphatic carbocycles. The lowest BCUT2D eigenvalue weighted by molar-refractivity contribution is 0.0457. The van der Waals surface area contributed by atoms with Gasteiger partial charge in [-0.25, -0.2) is 9.59 Å². The molecule has 0 amide bonds. The molecular formula is C22H32O4. The van der Waals surface area contributed by atoms with Crippen LogP contribution in [-0.2, 0) is 9.47 Å². The van der Waals surface area contributed by atoms with E-state index in [1.54, 1.807) is 24.3 Å². The molecule has 0 fully saturated rings. The number of benzene rings is 1. The molecule has 0 bridgehead atoms. The van der Waals surface area contributed by atoms with Gasteiger partial charge in [0.15, 0.2) is 0 Å². The van der Waals surface area contributed by atoms with E-state index >= 15 is 0 Å². The summed E-state index contributed by atoms with van der Waals surface area (Å²) in [6, 6.07) is 6.66. The van der Waals surface area contributed by atoms with Crippen molar-refractivity contribution in [1.82, 2.24) is 0 Å². The van der Waals surface area contributed by atoms with Crippen molar-refractivity contribution >= 4 is 11.9 Å². The van der Waals surface area contributed by atoms with Gasteiger partial charge in [0.05, 0.1) is 24.3 Å². The number of hydrogen-bond donors (Lipinski definition) is 0. The van der Waals surface area contributed by atoms with Gasteiger partial charge in [0.2, 0.25) is 0 Å². The predicted octanol–water partition coefficient (Wildman–Crippen LogP) is 5.72. The summed E-state index contributed by atoms with van der Waals surface area (Å²) in [4.78, 5) is 24.5. The van der Waals surface area contributed by atoms with Crippen molar-refractivity contribution in [3.63, 3.8) is 0 Å². The van der Waals surface area contributed by atoms with Crippen molar-refractivity contribution in [2.24, 2.45) is 0 Å². The van der Waals surface area contributed by atoms with Gasteiger partial charge in [-0.05, 0) is 31.4 Å². The van der Waals surface area contributed by atoms with Crippen LogP contribution in [0.3, 0.4) is 0 Å². The highest BCUT2D eigenvalue weighted by Crippen LogP contribution is 2.13. The molecule has 0 N–H and O–H groups in total. The Morgan fingerprint density at radius 2 is 1.38 bits per heavy atom. The SMILES string of the molecule is CC/C=C/CCOC(=O)c1ccccc1C(=O)OCCCCCCCC. The Bertz CT molecular complexity index is 563. The Labute approximate surface area is 157 Å². The molecule has 0 saturated heterocycles. The summed E-state index contributed by atoms with van der Waals surface area (Å²) in [6.07, 6.45) is 12.4. The molecule has 0 aromatic heterocycles. The first-order valence-corrected chi connectivity index (χ1v) is 9.79. The summed E-state index contributed by atoms with van der Waals surface area (Å²) in [5.74, 6) is -0.945. The average molecular weight is 360 g/mol. The second kappa shape index (κ2) is 14.1. The van der Waals surface area contributed by atoms with Crippen LogP contribution in [0.2, 0.25) is 0 Å². The maximum atomic E-state index is 12.3. The largest absolute Gasteiger partial charge is 0.462 e. The molecule has 0 spiro atoms. The Balaban J connectivity index is 2.44. The van der Waals surface area contributed by atoms with Crippen molar-refractivity contribution in [3.8, 4) is 0 Å². The molecule has 0 saturated carbocycles. The molecule has 4 nitrogen and oxygen atoms in total. The molecule has 0 aliphatic heterocycles. The van der Waals surface area contributed by atoms with Gasteiger partial charge in [-0.3, -0.25) is 0 Å². The fourth-order valence-corrected chi connectivity index (χ4v) is 2.55. The minimum absolute atomic E-state index is 0.264. The van der Waals surface area contributed by atoms with Crippen molar-refractivity contribution in [2.75, 3.05) is 13.2 Å². The number of allylic oxidation sites excluding steroid dienone is 1. The van der Waals surface area contributed by atoms with E-state index in [1.807, 2.05) is 12.2 Å². The van der Waals surface area contributed by atoms with Crippen LogP contribution in [0.25, 0.3) is 0 Å². The molecule has 0 atom stereocenters. The quantitative estimate of drug-likeness (QED) is 0.256. The maximum absolute atomic E-state index is 12.3. The van der Waals surface area contributed by atoms with Crippen LogP contribution in [0.5, 0.6) is 0 Å². The Kier molecular flexibility index (Phi) is 11.9. The summed E-state index contributed by atoms with van der Waals surface area (Å²) in [5, 5.41) is 0. The Morgan fingerprint density at radius 3 is 2.00 bits per heavy atom. The normalized spacial score (nSPS) is 10.8. The van der Waals surface area contributed by atoms with E-state index in [9.17, 15) is 9.59 Å². The van der Waals surface area contributed by atoms with Crippen LogP contribution in [0.1, 0.15) is 85.9 Å². The molecule has 26 heavy (non-hydrogen) atoms. The van der Waals surface area contributed by atoms with Crippen LogP contribution >= 0.6 is 0 Å². The fraction of sp³-hybridized carbons (Fsp3) is 0.545. The first-order valence-electron chi connectivity index (χ1n) is 9.79. The highest BCUT2D eigenvalue weighted by Gasteiger charge is 2.18. The number of ether oxygens (including phenoxy) is 2. The topological polar surface area (TPSA) is 52.6 Å². The standard InChI is InChI=1S/C22H32O4/c1-3-5-7-9-10-14-18-26-22(24)20-16-12-11-15-19(20)21(23)25-17-13-8-6-4-2/h6,8,11-12,15-16H,3-5,7,9-10,13-14,17-18H2,1-2H3/b8-6+. The number of carbonyl (C=O) groups is 2. The van der Waals surface area contributed by atoms with Gasteiger partial charge in [-0.15, -0.1) is 0 Å². The molecule has 1 rings (SSSR count). The van der Waals surface area contributed by atoms with Crippen LogP contribution < -0.4 is 0 Å². The Hall–Kier alpha value is -2.10. The average Bonchev–Trinajstić information content (AvgIpc) is 2.66. The van der Waals surface area contributed by atoms with Gasteiger partial charge in [0.1, 0.15) is 0 Å². The van der Waals surface area contributed by atoms with Crippen LogP contribution in [-0.4, -0.2) is 25.2 Å². The first-order chi connectivity index (χ1) is 12.7. The van der Waals surface area contributed by atoms with Gasteiger partial charge in [0.25, 0.3) is 0 Å². The van der Waals surface area contributed by atoms with E-state index in [-0.39, 0.29) is 11.1 Å². The van der Waals surface area contributed by atoms with E-state index in [0.29, 0.717) is 19.6 Å². The lowest BCUT2D eigenvalue weighted by atomic mass is 10.1. The number of unbranched alkanes of at least 4 members (excludes halogenated alkanes) is 5. The number of hydrogen-bond acceptors (Lipinski definition) is 4. The molecule has 4 heteroatoms. The molecule has 1 aromatic carbocycles. The minimum atomic E-state index is -0.484. The van der Waals surface area contributed by atoms with E-state index in [0.717, 1.165) is 19.3 Å². The van der Waals surface area contributed by atoms with E-state index < -0.39 is 11.9 Å². The third kappa shape index (κ3) is 8.84. The monoisotopic (exact) mass is 360 g/mol. The van der Waals surface area contributed by atoms with Gasteiger partial charge in [-0.2, -0.15) is 0 Å². The minimum Gasteiger partial charge on any atom is -0.462 e. The maximum Gasteiger partial charge on any atom is 0.339 e. The van der Waals surface area contributed by atoms with Crippen LogP contribution in [0.4, 0.5) is 0 Å². The van der Waals surface area contributed by atoms with E-state index in [2.05, 4.69) is 13.8 Å². The zero-order valence-corrected chi connectivity index (χ0v) is 16.2. The molecular weight excluding hydrogens is 328 g/mol. The Morgan fingerprint density at radius 1 is 0.808 bits per heavy atom. The van der Waals surface area contributed by atoms with Crippen LogP contribution in [0.15, 0.2) is 36.4 Å². The summed E-state index contributed by atoms with van der Waals surface area (Å²) in [7, 11) is 0.